The first kappa shape index (κ1) is 13.2. The summed E-state index contributed by atoms with van der Waals surface area (Å²) in [5, 5.41) is 4.54. The molecule has 2 unspecified atom stereocenters. The van der Waals surface area contributed by atoms with E-state index < -0.39 is 0 Å². The molecular weight excluding hydrogens is 254 g/mol. The maximum Gasteiger partial charge on any atom is 0.0669 e. The van der Waals surface area contributed by atoms with E-state index in [4.69, 9.17) is 16.3 Å². The molecule has 0 saturated carbocycles. The van der Waals surface area contributed by atoms with Crippen LogP contribution in [0.4, 0.5) is 0 Å². The summed E-state index contributed by atoms with van der Waals surface area (Å²) < 4.78 is 5.60. The second kappa shape index (κ2) is 6.10. The molecule has 0 spiro atoms. The lowest BCUT2D eigenvalue weighted by atomic mass is 10.2. The van der Waals surface area contributed by atoms with E-state index in [1.165, 1.54) is 10.5 Å². The molecule has 0 aromatic heterocycles. The third-order valence-electron chi connectivity index (χ3n) is 2.98. The molecule has 1 aliphatic rings. The van der Waals surface area contributed by atoms with Gasteiger partial charge >= 0.3 is 0 Å². The van der Waals surface area contributed by atoms with Crippen LogP contribution in [0.25, 0.3) is 0 Å². The first-order valence-corrected chi connectivity index (χ1v) is 7.17. The molecule has 1 aromatic rings. The van der Waals surface area contributed by atoms with E-state index >= 15 is 0 Å². The molecule has 1 N–H and O–H groups in total. The van der Waals surface area contributed by atoms with E-state index in [-0.39, 0.29) is 0 Å². The van der Waals surface area contributed by atoms with Gasteiger partial charge in [0.1, 0.15) is 0 Å². The second-order valence-electron chi connectivity index (χ2n) is 4.30. The third kappa shape index (κ3) is 3.38. The van der Waals surface area contributed by atoms with Crippen molar-refractivity contribution in [3.63, 3.8) is 0 Å². The summed E-state index contributed by atoms with van der Waals surface area (Å²) in [4.78, 5) is 1.27. The molecule has 2 atom stereocenters. The molecule has 1 saturated heterocycles. The van der Waals surface area contributed by atoms with Gasteiger partial charge in [0.05, 0.1) is 6.10 Å². The molecular formula is C13H18ClNOS. The monoisotopic (exact) mass is 271 g/mol. The van der Waals surface area contributed by atoms with E-state index in [0.29, 0.717) is 11.4 Å². The second-order valence-corrected chi connectivity index (χ2v) is 6.02. The van der Waals surface area contributed by atoms with Gasteiger partial charge in [-0.1, -0.05) is 17.7 Å². The summed E-state index contributed by atoms with van der Waals surface area (Å²) in [6, 6.07) is 6.11. The summed E-state index contributed by atoms with van der Waals surface area (Å²) in [5.41, 5.74) is 1.31. The number of nitrogens with one attached hydrogen (secondary N) is 1. The Kier molecular flexibility index (Phi) is 4.74. The molecule has 4 heteroatoms. The predicted molar refractivity (Wildman–Crippen MR) is 73.9 cm³/mol. The van der Waals surface area contributed by atoms with Crippen LogP contribution in [0.5, 0.6) is 0 Å². The zero-order chi connectivity index (χ0) is 12.3. The van der Waals surface area contributed by atoms with E-state index in [9.17, 15) is 0 Å². The Labute approximate surface area is 112 Å². The fourth-order valence-corrected chi connectivity index (χ4v) is 3.54. The normalized spacial score (nSPS) is 24.2. The van der Waals surface area contributed by atoms with Crippen molar-refractivity contribution < 1.29 is 4.74 Å². The molecule has 94 valence electrons. The molecule has 1 fully saturated rings. The van der Waals surface area contributed by atoms with E-state index in [2.05, 4.69) is 24.4 Å². The topological polar surface area (TPSA) is 21.3 Å². The van der Waals surface area contributed by atoms with Crippen LogP contribution in [0.1, 0.15) is 18.9 Å². The average molecular weight is 272 g/mol. The number of halogens is 1. The van der Waals surface area contributed by atoms with Gasteiger partial charge in [-0.05, 0) is 38.1 Å². The van der Waals surface area contributed by atoms with Crippen molar-refractivity contribution in [3.8, 4) is 0 Å². The summed E-state index contributed by atoms with van der Waals surface area (Å²) in [6.45, 7) is 3.90. The number of hydrogen-bond donors (Lipinski definition) is 1. The zero-order valence-corrected chi connectivity index (χ0v) is 11.8. The fourth-order valence-electron chi connectivity index (χ4n) is 2.00. The Morgan fingerprint density at radius 3 is 3.00 bits per heavy atom. The van der Waals surface area contributed by atoms with Crippen molar-refractivity contribution in [2.45, 2.75) is 36.1 Å². The van der Waals surface area contributed by atoms with Crippen LogP contribution in [-0.2, 0) is 11.3 Å². The maximum absolute atomic E-state index is 6.07. The van der Waals surface area contributed by atoms with Gasteiger partial charge in [-0.15, -0.1) is 11.8 Å². The molecule has 0 amide bonds. The standard InChI is InChI=1S/C13H18ClNOS/c1-9-12(5-6-16-9)17-13-7-11(14)4-3-10(13)8-15-2/h3-4,7,9,12,15H,5-6,8H2,1-2H3. The van der Waals surface area contributed by atoms with Gasteiger partial charge < -0.3 is 10.1 Å². The number of ether oxygens (including phenoxy) is 1. The highest BCUT2D eigenvalue weighted by atomic mass is 35.5. The Hall–Kier alpha value is -0.220. The lowest BCUT2D eigenvalue weighted by Gasteiger charge is -2.16. The Balaban J connectivity index is 2.15. The number of rotatable bonds is 4. The molecule has 2 rings (SSSR count). The number of hydrogen-bond acceptors (Lipinski definition) is 3. The van der Waals surface area contributed by atoms with Crippen molar-refractivity contribution >= 4 is 23.4 Å². The Morgan fingerprint density at radius 1 is 1.53 bits per heavy atom. The fraction of sp³-hybridized carbons (Fsp3) is 0.538. The molecule has 17 heavy (non-hydrogen) atoms. The van der Waals surface area contributed by atoms with Gasteiger partial charge in [0.15, 0.2) is 0 Å². The Morgan fingerprint density at radius 2 is 2.35 bits per heavy atom. The first-order valence-electron chi connectivity index (χ1n) is 5.92. The number of benzene rings is 1. The SMILES string of the molecule is CNCc1ccc(Cl)cc1SC1CCOC1C. The van der Waals surface area contributed by atoms with Gasteiger partial charge in [0.2, 0.25) is 0 Å². The summed E-state index contributed by atoms with van der Waals surface area (Å²) in [6.07, 6.45) is 1.46. The molecule has 0 aliphatic carbocycles. The molecule has 2 nitrogen and oxygen atoms in total. The van der Waals surface area contributed by atoms with E-state index in [1.807, 2.05) is 24.9 Å². The van der Waals surface area contributed by atoms with Gasteiger partial charge in [0.25, 0.3) is 0 Å². The van der Waals surface area contributed by atoms with Crippen LogP contribution >= 0.6 is 23.4 Å². The predicted octanol–water partition coefficient (Wildman–Crippen LogP) is 3.33. The minimum absolute atomic E-state index is 0.335. The molecule has 1 aromatic carbocycles. The zero-order valence-electron chi connectivity index (χ0n) is 10.2. The molecule has 1 heterocycles. The lowest BCUT2D eigenvalue weighted by molar-refractivity contribution is 0.127. The van der Waals surface area contributed by atoms with Crippen molar-refractivity contribution in [2.75, 3.05) is 13.7 Å². The molecule has 1 aliphatic heterocycles. The van der Waals surface area contributed by atoms with Crippen molar-refractivity contribution in [1.82, 2.24) is 5.32 Å². The molecule has 0 bridgehead atoms. The van der Waals surface area contributed by atoms with Gasteiger partial charge in [0, 0.05) is 28.3 Å². The summed E-state index contributed by atoms with van der Waals surface area (Å²) in [5.74, 6) is 0. The third-order valence-corrected chi connectivity index (χ3v) is 4.77. The van der Waals surface area contributed by atoms with Crippen LogP contribution in [0, 0.1) is 0 Å². The van der Waals surface area contributed by atoms with Gasteiger partial charge in [-0.25, -0.2) is 0 Å². The molecule has 0 radical (unpaired) electrons. The minimum atomic E-state index is 0.335. The highest BCUT2D eigenvalue weighted by Crippen LogP contribution is 2.35. The van der Waals surface area contributed by atoms with Crippen LogP contribution in [0.2, 0.25) is 5.02 Å². The van der Waals surface area contributed by atoms with Crippen LogP contribution < -0.4 is 5.32 Å². The minimum Gasteiger partial charge on any atom is -0.377 e. The Bertz CT molecular complexity index is 386. The van der Waals surface area contributed by atoms with Crippen LogP contribution in [0.15, 0.2) is 23.1 Å². The van der Waals surface area contributed by atoms with Gasteiger partial charge in [-0.2, -0.15) is 0 Å². The number of thioether (sulfide) groups is 1. The van der Waals surface area contributed by atoms with Crippen LogP contribution in [0.3, 0.4) is 0 Å². The van der Waals surface area contributed by atoms with Crippen molar-refractivity contribution in [1.29, 1.82) is 0 Å². The van der Waals surface area contributed by atoms with Crippen molar-refractivity contribution in [2.24, 2.45) is 0 Å². The van der Waals surface area contributed by atoms with Crippen LogP contribution in [-0.4, -0.2) is 25.0 Å². The summed E-state index contributed by atoms with van der Waals surface area (Å²) in [7, 11) is 1.96. The van der Waals surface area contributed by atoms with E-state index in [1.54, 1.807) is 0 Å². The van der Waals surface area contributed by atoms with Crippen molar-refractivity contribution in [3.05, 3.63) is 28.8 Å². The quantitative estimate of drug-likeness (QED) is 0.908. The highest BCUT2D eigenvalue weighted by Gasteiger charge is 2.25. The average Bonchev–Trinajstić information content (AvgIpc) is 2.69. The first-order chi connectivity index (χ1) is 8.20. The summed E-state index contributed by atoms with van der Waals surface area (Å²) >= 11 is 7.96. The lowest BCUT2D eigenvalue weighted by Crippen LogP contribution is -2.14. The largest absolute Gasteiger partial charge is 0.377 e. The highest BCUT2D eigenvalue weighted by molar-refractivity contribution is 8.00. The smallest absolute Gasteiger partial charge is 0.0669 e. The van der Waals surface area contributed by atoms with E-state index in [0.717, 1.165) is 24.6 Å². The van der Waals surface area contributed by atoms with Gasteiger partial charge in [-0.3, -0.25) is 0 Å². The maximum atomic E-state index is 6.07.